The van der Waals surface area contributed by atoms with Crippen LogP contribution in [0.15, 0.2) is 60.4 Å². The monoisotopic (exact) mass is 385 g/mol. The number of carbonyl (C=O) groups is 1. The van der Waals surface area contributed by atoms with Crippen molar-refractivity contribution in [2.24, 2.45) is 7.05 Å². The van der Waals surface area contributed by atoms with E-state index in [-0.39, 0.29) is 17.3 Å². The number of thioether (sulfide) groups is 1. The molecule has 0 aliphatic carbocycles. The van der Waals surface area contributed by atoms with Crippen LogP contribution in [0.1, 0.15) is 11.5 Å². The summed E-state index contributed by atoms with van der Waals surface area (Å²) < 4.78 is 17.6. The van der Waals surface area contributed by atoms with E-state index in [4.69, 9.17) is 0 Å². The van der Waals surface area contributed by atoms with Gasteiger partial charge in [-0.15, -0.1) is 16.8 Å². The third-order valence-electron chi connectivity index (χ3n) is 3.98. The fraction of sp³-hybridized carbons (Fsp3) is 0.211. The molecule has 8 heteroatoms. The van der Waals surface area contributed by atoms with Crippen molar-refractivity contribution in [3.8, 4) is 0 Å². The van der Waals surface area contributed by atoms with Crippen LogP contribution in [0.3, 0.4) is 0 Å². The molecule has 3 rings (SSSR count). The largest absolute Gasteiger partial charge is 0.354 e. The number of hydrogen-bond donors (Lipinski definition) is 1. The molecule has 0 aliphatic rings. The lowest BCUT2D eigenvalue weighted by Crippen LogP contribution is -2.15. The number of allylic oxidation sites excluding steroid dienone is 1. The summed E-state index contributed by atoms with van der Waals surface area (Å²) in [4.78, 5) is 12.1. The summed E-state index contributed by atoms with van der Waals surface area (Å²) in [6.07, 6.45) is 4.37. The Labute approximate surface area is 161 Å². The Morgan fingerprint density at radius 2 is 2.11 bits per heavy atom. The van der Waals surface area contributed by atoms with Crippen molar-refractivity contribution >= 4 is 23.4 Å². The standard InChI is InChI=1S/C19H20FN5OS/c1-3-10-25-17(12-14-7-6-11-24(14)2)22-23-19(25)27-13-18(26)21-16-9-5-4-8-15(16)20/h3-9,11H,1,10,12-13H2,2H3,(H,21,26). The predicted octanol–water partition coefficient (Wildman–Crippen LogP) is 3.26. The minimum absolute atomic E-state index is 0.105. The van der Waals surface area contributed by atoms with Crippen LogP contribution in [0.2, 0.25) is 0 Å². The molecule has 140 valence electrons. The third kappa shape index (κ3) is 4.65. The second-order valence-corrected chi connectivity index (χ2v) is 6.84. The van der Waals surface area contributed by atoms with Crippen LogP contribution in [0.25, 0.3) is 0 Å². The van der Waals surface area contributed by atoms with Crippen LogP contribution < -0.4 is 5.32 Å². The van der Waals surface area contributed by atoms with E-state index in [2.05, 4.69) is 22.1 Å². The molecule has 0 radical (unpaired) electrons. The Bertz CT molecular complexity index is 949. The van der Waals surface area contributed by atoms with Crippen molar-refractivity contribution in [3.05, 3.63) is 72.6 Å². The van der Waals surface area contributed by atoms with Crippen LogP contribution >= 0.6 is 11.8 Å². The Hall–Kier alpha value is -2.87. The number of carbonyl (C=O) groups excluding carboxylic acids is 1. The molecule has 0 bridgehead atoms. The van der Waals surface area contributed by atoms with E-state index < -0.39 is 5.82 Å². The van der Waals surface area contributed by atoms with E-state index >= 15 is 0 Å². The molecular formula is C19H20FN5OS. The molecule has 0 atom stereocenters. The van der Waals surface area contributed by atoms with E-state index in [1.807, 2.05) is 34.5 Å². The summed E-state index contributed by atoms with van der Waals surface area (Å²) >= 11 is 1.26. The fourth-order valence-corrected chi connectivity index (χ4v) is 3.36. The van der Waals surface area contributed by atoms with Gasteiger partial charge in [-0.2, -0.15) is 0 Å². The minimum Gasteiger partial charge on any atom is -0.354 e. The normalized spacial score (nSPS) is 10.7. The molecule has 3 aromatic rings. The lowest BCUT2D eigenvalue weighted by atomic mass is 10.3. The van der Waals surface area contributed by atoms with Crippen LogP contribution in [0.4, 0.5) is 10.1 Å². The molecule has 0 spiro atoms. The maximum atomic E-state index is 13.6. The number of anilines is 1. The summed E-state index contributed by atoms with van der Waals surface area (Å²) in [6.45, 7) is 4.33. The SMILES string of the molecule is C=CCn1c(Cc2cccn2C)nnc1SCC(=O)Nc1ccccc1F. The number of para-hydroxylation sites is 1. The van der Waals surface area contributed by atoms with E-state index in [0.717, 1.165) is 11.5 Å². The Balaban J connectivity index is 1.67. The summed E-state index contributed by atoms with van der Waals surface area (Å²) in [5.74, 6) is 0.139. The van der Waals surface area contributed by atoms with Gasteiger partial charge in [0, 0.05) is 31.9 Å². The van der Waals surface area contributed by atoms with Crippen molar-refractivity contribution in [2.75, 3.05) is 11.1 Å². The number of nitrogens with zero attached hydrogens (tertiary/aromatic N) is 4. The Kier molecular flexibility index (Phi) is 6.08. The number of benzene rings is 1. The zero-order chi connectivity index (χ0) is 19.2. The summed E-state index contributed by atoms with van der Waals surface area (Å²) in [7, 11) is 1.98. The van der Waals surface area contributed by atoms with Crippen LogP contribution in [0, 0.1) is 5.82 Å². The number of rotatable bonds is 8. The van der Waals surface area contributed by atoms with Gasteiger partial charge in [0.25, 0.3) is 0 Å². The highest BCUT2D eigenvalue weighted by molar-refractivity contribution is 7.99. The number of amides is 1. The van der Waals surface area contributed by atoms with Crippen molar-refractivity contribution in [1.29, 1.82) is 0 Å². The Morgan fingerprint density at radius 1 is 1.30 bits per heavy atom. The molecule has 1 N–H and O–H groups in total. The maximum Gasteiger partial charge on any atom is 0.234 e. The zero-order valence-corrected chi connectivity index (χ0v) is 15.7. The van der Waals surface area contributed by atoms with Crippen LogP contribution in [-0.2, 0) is 24.8 Å². The number of aromatic nitrogens is 4. The second-order valence-electron chi connectivity index (χ2n) is 5.90. The van der Waals surface area contributed by atoms with E-state index in [1.165, 1.54) is 23.9 Å². The van der Waals surface area contributed by atoms with Gasteiger partial charge in [0.15, 0.2) is 5.16 Å². The van der Waals surface area contributed by atoms with Gasteiger partial charge in [0.2, 0.25) is 5.91 Å². The van der Waals surface area contributed by atoms with Gasteiger partial charge in [-0.1, -0.05) is 30.0 Å². The van der Waals surface area contributed by atoms with E-state index in [1.54, 1.807) is 18.2 Å². The molecule has 2 aromatic heterocycles. The molecule has 0 aliphatic heterocycles. The molecule has 1 amide bonds. The first kappa shape index (κ1) is 18.9. The first-order chi connectivity index (χ1) is 13.1. The maximum absolute atomic E-state index is 13.6. The lowest BCUT2D eigenvalue weighted by Gasteiger charge is -2.09. The first-order valence-electron chi connectivity index (χ1n) is 8.39. The first-order valence-corrected chi connectivity index (χ1v) is 9.37. The van der Waals surface area contributed by atoms with Gasteiger partial charge < -0.3 is 14.5 Å². The number of halogens is 1. The minimum atomic E-state index is -0.462. The molecule has 0 unspecified atom stereocenters. The molecule has 1 aromatic carbocycles. The van der Waals surface area contributed by atoms with E-state index in [0.29, 0.717) is 18.1 Å². The average Bonchev–Trinajstić information content (AvgIpc) is 3.23. The van der Waals surface area contributed by atoms with Gasteiger partial charge in [0.1, 0.15) is 11.6 Å². The van der Waals surface area contributed by atoms with Gasteiger partial charge in [0.05, 0.1) is 11.4 Å². The van der Waals surface area contributed by atoms with E-state index in [9.17, 15) is 9.18 Å². The quantitative estimate of drug-likeness (QED) is 0.477. The van der Waals surface area contributed by atoms with Crippen molar-refractivity contribution < 1.29 is 9.18 Å². The molecular weight excluding hydrogens is 365 g/mol. The predicted molar refractivity (Wildman–Crippen MR) is 104 cm³/mol. The average molecular weight is 385 g/mol. The number of aryl methyl sites for hydroxylation is 1. The summed E-state index contributed by atoms with van der Waals surface area (Å²) in [6, 6.07) is 10.1. The second kappa shape index (κ2) is 8.68. The topological polar surface area (TPSA) is 64.7 Å². The van der Waals surface area contributed by atoms with Gasteiger partial charge in [-0.3, -0.25) is 4.79 Å². The third-order valence-corrected chi connectivity index (χ3v) is 4.94. The van der Waals surface area contributed by atoms with Crippen LogP contribution in [0.5, 0.6) is 0 Å². The van der Waals surface area contributed by atoms with Crippen LogP contribution in [-0.4, -0.2) is 31.0 Å². The molecule has 0 fully saturated rings. The molecule has 27 heavy (non-hydrogen) atoms. The molecule has 6 nitrogen and oxygen atoms in total. The number of nitrogens with one attached hydrogen (secondary N) is 1. The zero-order valence-electron chi connectivity index (χ0n) is 14.9. The summed E-state index contributed by atoms with van der Waals surface area (Å²) in [5, 5.41) is 11.7. The summed E-state index contributed by atoms with van der Waals surface area (Å²) in [5.41, 5.74) is 1.28. The Morgan fingerprint density at radius 3 is 2.81 bits per heavy atom. The van der Waals surface area contributed by atoms with Gasteiger partial charge in [-0.05, 0) is 24.3 Å². The highest BCUT2D eigenvalue weighted by Gasteiger charge is 2.15. The van der Waals surface area contributed by atoms with Gasteiger partial charge in [-0.25, -0.2) is 4.39 Å². The molecule has 0 saturated heterocycles. The highest BCUT2D eigenvalue weighted by atomic mass is 32.2. The van der Waals surface area contributed by atoms with Gasteiger partial charge >= 0.3 is 0 Å². The highest BCUT2D eigenvalue weighted by Crippen LogP contribution is 2.20. The molecule has 0 saturated carbocycles. The molecule has 2 heterocycles. The van der Waals surface area contributed by atoms with Crippen molar-refractivity contribution in [3.63, 3.8) is 0 Å². The van der Waals surface area contributed by atoms with Crippen molar-refractivity contribution in [2.45, 2.75) is 18.1 Å². The van der Waals surface area contributed by atoms with Crippen molar-refractivity contribution in [1.82, 2.24) is 19.3 Å². The smallest absolute Gasteiger partial charge is 0.234 e. The lowest BCUT2D eigenvalue weighted by molar-refractivity contribution is -0.113. The number of hydrogen-bond acceptors (Lipinski definition) is 4. The fourth-order valence-electron chi connectivity index (χ4n) is 2.59.